The van der Waals surface area contributed by atoms with Crippen molar-refractivity contribution in [3.05, 3.63) is 109 Å². The average Bonchev–Trinajstić information content (AvgIpc) is 3.33. The van der Waals surface area contributed by atoms with E-state index < -0.39 is 49.5 Å². The highest BCUT2D eigenvalue weighted by atomic mass is 16.7. The molecule has 0 bridgehead atoms. The molecule has 0 spiro atoms. The molecule has 382 valence electrons. The largest absolute Gasteiger partial charge is 0.394 e. The van der Waals surface area contributed by atoms with Gasteiger partial charge in [0.15, 0.2) is 6.29 Å². The Hall–Kier alpha value is -3.15. The molecule has 1 rings (SSSR count). The van der Waals surface area contributed by atoms with Crippen LogP contribution in [-0.4, -0.2) is 87.5 Å². The zero-order valence-electron chi connectivity index (χ0n) is 42.1. The number of hydrogen-bond acceptors (Lipinski definition) is 8. The normalized spacial score (nSPS) is 20.6. The fourth-order valence-corrected chi connectivity index (χ4v) is 7.64. The van der Waals surface area contributed by atoms with Gasteiger partial charge in [0.05, 0.1) is 25.4 Å². The number of nitrogens with one attached hydrogen (secondary N) is 1. The molecule has 0 aromatic carbocycles. The number of amides is 1. The van der Waals surface area contributed by atoms with Gasteiger partial charge in [0.25, 0.3) is 0 Å². The van der Waals surface area contributed by atoms with Gasteiger partial charge >= 0.3 is 0 Å². The SMILES string of the molecule is CC/C=C\C/C=C\C/C=C\C/C=C\C/C=C\C/C=C\C/C=C\C/C=C\CCCCCCCCCCC(=O)NC(COC1OC(CO)C(O)C(O)C1O)C(O)/C=C/CCCCCCCCCCC. The number of ether oxygens (including phenoxy) is 2. The van der Waals surface area contributed by atoms with Crippen LogP contribution in [0.2, 0.25) is 0 Å². The molecule has 0 radical (unpaired) electrons. The summed E-state index contributed by atoms with van der Waals surface area (Å²) in [6, 6.07) is -0.815. The number of allylic oxidation sites excluding steroid dienone is 17. The molecular formula is C58H97NO8. The first-order chi connectivity index (χ1) is 32.8. The summed E-state index contributed by atoms with van der Waals surface area (Å²) in [6.45, 7) is 3.62. The van der Waals surface area contributed by atoms with E-state index in [-0.39, 0.29) is 12.5 Å². The summed E-state index contributed by atoms with van der Waals surface area (Å²) in [6.07, 6.45) is 61.5. The number of carbonyl (C=O) groups is 1. The second-order valence-electron chi connectivity index (χ2n) is 17.9. The quantitative estimate of drug-likeness (QED) is 0.0261. The van der Waals surface area contributed by atoms with Crippen molar-refractivity contribution in [2.24, 2.45) is 0 Å². The van der Waals surface area contributed by atoms with Gasteiger partial charge in [-0.05, 0) is 83.5 Å². The highest BCUT2D eigenvalue weighted by Gasteiger charge is 2.44. The summed E-state index contributed by atoms with van der Waals surface area (Å²) in [5.41, 5.74) is 0. The van der Waals surface area contributed by atoms with Crippen LogP contribution in [-0.2, 0) is 14.3 Å². The molecule has 7 unspecified atom stereocenters. The third-order valence-electron chi connectivity index (χ3n) is 11.9. The van der Waals surface area contributed by atoms with Gasteiger partial charge in [-0.3, -0.25) is 4.79 Å². The molecular weight excluding hydrogens is 839 g/mol. The predicted octanol–water partition coefficient (Wildman–Crippen LogP) is 12.6. The fourth-order valence-electron chi connectivity index (χ4n) is 7.64. The summed E-state index contributed by atoms with van der Waals surface area (Å²) in [7, 11) is 0. The van der Waals surface area contributed by atoms with E-state index in [9.17, 15) is 30.3 Å². The van der Waals surface area contributed by atoms with Crippen molar-refractivity contribution in [3.8, 4) is 0 Å². The monoisotopic (exact) mass is 936 g/mol. The summed E-state index contributed by atoms with van der Waals surface area (Å²) < 4.78 is 11.2. The van der Waals surface area contributed by atoms with Crippen LogP contribution in [0.5, 0.6) is 0 Å². The van der Waals surface area contributed by atoms with Gasteiger partial charge in [0, 0.05) is 6.42 Å². The Morgan fingerprint density at radius 2 is 0.925 bits per heavy atom. The summed E-state index contributed by atoms with van der Waals surface area (Å²) in [5, 5.41) is 54.2. The summed E-state index contributed by atoms with van der Waals surface area (Å²) >= 11 is 0. The molecule has 9 heteroatoms. The van der Waals surface area contributed by atoms with Gasteiger partial charge in [-0.1, -0.05) is 213 Å². The van der Waals surface area contributed by atoms with Crippen LogP contribution >= 0.6 is 0 Å². The molecule has 9 nitrogen and oxygen atoms in total. The zero-order chi connectivity index (χ0) is 48.7. The van der Waals surface area contributed by atoms with Crippen LogP contribution in [0.15, 0.2) is 109 Å². The van der Waals surface area contributed by atoms with Crippen molar-refractivity contribution in [2.45, 2.75) is 236 Å². The van der Waals surface area contributed by atoms with Crippen molar-refractivity contribution in [1.29, 1.82) is 0 Å². The maximum atomic E-state index is 13.0. The van der Waals surface area contributed by atoms with Crippen LogP contribution < -0.4 is 5.32 Å². The maximum absolute atomic E-state index is 13.0. The van der Waals surface area contributed by atoms with Gasteiger partial charge in [-0.15, -0.1) is 0 Å². The summed E-state index contributed by atoms with van der Waals surface area (Å²) in [5.74, 6) is -0.192. The Bertz CT molecular complexity index is 1410. The van der Waals surface area contributed by atoms with Crippen molar-refractivity contribution in [1.82, 2.24) is 5.32 Å². The highest BCUT2D eigenvalue weighted by molar-refractivity contribution is 5.76. The van der Waals surface area contributed by atoms with Crippen molar-refractivity contribution >= 4 is 5.91 Å². The highest BCUT2D eigenvalue weighted by Crippen LogP contribution is 2.22. The van der Waals surface area contributed by atoms with E-state index in [4.69, 9.17) is 9.47 Å². The van der Waals surface area contributed by atoms with E-state index in [0.29, 0.717) is 6.42 Å². The number of hydrogen-bond donors (Lipinski definition) is 6. The lowest BCUT2D eigenvalue weighted by Gasteiger charge is -2.40. The molecule has 0 aliphatic carbocycles. The molecule has 1 heterocycles. The fraction of sp³-hybridized carbons (Fsp3) is 0.672. The Morgan fingerprint density at radius 3 is 1.37 bits per heavy atom. The molecule has 1 amide bonds. The molecule has 1 aliphatic heterocycles. The van der Waals surface area contributed by atoms with Crippen LogP contribution in [0.1, 0.15) is 194 Å². The smallest absolute Gasteiger partial charge is 0.220 e. The van der Waals surface area contributed by atoms with Gasteiger partial charge in [-0.2, -0.15) is 0 Å². The van der Waals surface area contributed by atoms with Gasteiger partial charge in [0.2, 0.25) is 5.91 Å². The Balaban J connectivity index is 2.20. The molecule has 67 heavy (non-hydrogen) atoms. The molecule has 1 aliphatic rings. The Kier molecular flexibility index (Phi) is 43.0. The maximum Gasteiger partial charge on any atom is 0.220 e. The van der Waals surface area contributed by atoms with Gasteiger partial charge < -0.3 is 40.3 Å². The van der Waals surface area contributed by atoms with Crippen molar-refractivity contribution in [2.75, 3.05) is 13.2 Å². The second kappa shape index (κ2) is 46.6. The minimum Gasteiger partial charge on any atom is -0.394 e. The lowest BCUT2D eigenvalue weighted by Crippen LogP contribution is -2.60. The molecule has 1 saturated heterocycles. The van der Waals surface area contributed by atoms with E-state index in [1.165, 1.54) is 70.6 Å². The minimum absolute atomic E-state index is 0.192. The van der Waals surface area contributed by atoms with Gasteiger partial charge in [-0.25, -0.2) is 0 Å². The number of rotatable bonds is 43. The molecule has 0 saturated carbocycles. The molecule has 0 aromatic heterocycles. The van der Waals surface area contributed by atoms with Crippen LogP contribution in [0, 0.1) is 0 Å². The van der Waals surface area contributed by atoms with Gasteiger partial charge in [0.1, 0.15) is 24.4 Å². The number of aliphatic hydroxyl groups excluding tert-OH is 5. The first-order valence-electron chi connectivity index (χ1n) is 26.6. The zero-order valence-corrected chi connectivity index (χ0v) is 42.1. The van der Waals surface area contributed by atoms with Crippen molar-refractivity contribution < 1.29 is 39.8 Å². The van der Waals surface area contributed by atoms with E-state index in [1.807, 2.05) is 6.08 Å². The third kappa shape index (κ3) is 36.5. The van der Waals surface area contributed by atoms with Crippen LogP contribution in [0.3, 0.4) is 0 Å². The minimum atomic E-state index is -1.57. The predicted molar refractivity (Wildman–Crippen MR) is 281 cm³/mol. The third-order valence-corrected chi connectivity index (χ3v) is 11.9. The summed E-state index contributed by atoms with van der Waals surface area (Å²) in [4.78, 5) is 13.0. The van der Waals surface area contributed by atoms with Crippen LogP contribution in [0.4, 0.5) is 0 Å². The van der Waals surface area contributed by atoms with Crippen LogP contribution in [0.25, 0.3) is 0 Å². The van der Waals surface area contributed by atoms with E-state index in [1.54, 1.807) is 6.08 Å². The first kappa shape index (κ1) is 61.9. The number of unbranched alkanes of at least 4 members (excludes halogenated alkanes) is 17. The van der Waals surface area contributed by atoms with E-state index in [2.05, 4.69) is 116 Å². The standard InChI is InChI=1S/C58H97NO8/c1-3-5-7-9-11-13-15-16-17-18-19-20-21-22-23-24-25-26-27-28-29-30-31-32-33-34-35-36-38-40-42-44-46-48-54(62)59-51(50-66-58-57(65)56(64)55(63)53(49-60)67-58)52(61)47-45-43-41-39-37-14-12-10-8-6-4-2/h5,7,11,13,16-17,19-20,22-23,25-26,28-29,31-32,45,47,51-53,55-58,60-61,63-65H,3-4,6,8-10,12,14-15,18,21,24,27,30,33-44,46,48-50H2,1-2H3,(H,59,62)/b7-5-,13-11-,17-16-,20-19-,23-22-,26-25-,29-28-,32-31-,47-45+. The lowest BCUT2D eigenvalue weighted by molar-refractivity contribution is -0.302. The molecule has 0 aromatic rings. The average molecular weight is 936 g/mol. The van der Waals surface area contributed by atoms with E-state index in [0.717, 1.165) is 103 Å². The Labute approximate surface area is 408 Å². The first-order valence-corrected chi connectivity index (χ1v) is 26.6. The van der Waals surface area contributed by atoms with E-state index >= 15 is 0 Å². The molecule has 7 atom stereocenters. The number of carbonyl (C=O) groups excluding carboxylic acids is 1. The molecule has 1 fully saturated rings. The topological polar surface area (TPSA) is 149 Å². The molecule has 6 N–H and O–H groups in total. The lowest BCUT2D eigenvalue weighted by atomic mass is 9.99. The number of aliphatic hydroxyl groups is 5. The second-order valence-corrected chi connectivity index (χ2v) is 17.9. The Morgan fingerprint density at radius 1 is 0.522 bits per heavy atom. The van der Waals surface area contributed by atoms with Crippen molar-refractivity contribution in [3.63, 3.8) is 0 Å².